The summed E-state index contributed by atoms with van der Waals surface area (Å²) in [5.74, 6) is 0. The van der Waals surface area contributed by atoms with E-state index in [9.17, 15) is 0 Å². The van der Waals surface area contributed by atoms with E-state index >= 15 is 0 Å². The van der Waals surface area contributed by atoms with E-state index < -0.39 is 0 Å². The first-order chi connectivity index (χ1) is 8.95. The van der Waals surface area contributed by atoms with Crippen molar-refractivity contribution in [1.29, 1.82) is 0 Å². The largest absolute Gasteiger partial charge is 0.0801 e. The van der Waals surface area contributed by atoms with E-state index in [4.69, 9.17) is 0 Å². The summed E-state index contributed by atoms with van der Waals surface area (Å²) in [7, 11) is -0.353. The van der Waals surface area contributed by atoms with Crippen LogP contribution in [0.15, 0.2) is 84.2 Å². The van der Waals surface area contributed by atoms with Gasteiger partial charge in [0.15, 0.2) is 0 Å². The van der Waals surface area contributed by atoms with Gasteiger partial charge in [0.05, 0.1) is 0 Å². The molecule has 3 rings (SSSR count). The molecule has 0 atom stereocenters. The van der Waals surface area contributed by atoms with Gasteiger partial charge in [0, 0.05) is 20.4 Å². The van der Waals surface area contributed by atoms with Crippen molar-refractivity contribution < 1.29 is 20.4 Å². The van der Waals surface area contributed by atoms with Crippen molar-refractivity contribution in [2.45, 2.75) is 6.42 Å². The van der Waals surface area contributed by atoms with E-state index in [2.05, 4.69) is 78.9 Å². The van der Waals surface area contributed by atoms with Gasteiger partial charge in [-0.15, -0.1) is 0 Å². The molecule has 0 fully saturated rings. The van der Waals surface area contributed by atoms with Crippen LogP contribution in [0.4, 0.5) is 0 Å². The third kappa shape index (κ3) is 3.31. The summed E-state index contributed by atoms with van der Waals surface area (Å²) < 4.78 is 0. The van der Waals surface area contributed by atoms with E-state index in [0.717, 1.165) is 6.42 Å². The molecule has 0 N–H and O–H groups in total. The van der Waals surface area contributed by atoms with Gasteiger partial charge >= 0.3 is 0 Å². The van der Waals surface area contributed by atoms with Crippen LogP contribution in [0.3, 0.4) is 0 Å². The summed E-state index contributed by atoms with van der Waals surface area (Å²) in [6.07, 6.45) is 7.80. The Balaban J connectivity index is 0.00000133. The molecule has 2 heteroatoms. The van der Waals surface area contributed by atoms with E-state index in [1.807, 2.05) is 0 Å². The standard InChI is InChI=1S/C17H15P.Pd/c1-3-9-15(10-4-1)18(17-13-7-8-14-17)16-11-5-2-6-12-16;/h1-13H,14H2;. The Morgan fingerprint density at radius 1 is 0.737 bits per heavy atom. The first-order valence-corrected chi connectivity index (χ1v) is 7.55. The monoisotopic (exact) mass is 356 g/mol. The smallest absolute Gasteiger partial charge is 0 e. The van der Waals surface area contributed by atoms with Crippen molar-refractivity contribution in [3.63, 3.8) is 0 Å². The minimum atomic E-state index is -0.353. The predicted octanol–water partition coefficient (Wildman–Crippen LogP) is 3.96. The molecule has 0 saturated heterocycles. The van der Waals surface area contributed by atoms with Gasteiger partial charge in [-0.2, -0.15) is 0 Å². The second-order valence-electron chi connectivity index (χ2n) is 4.30. The SMILES string of the molecule is C1=CCC(P(c2ccccc2)c2ccccc2)=C1.[Pd]. The van der Waals surface area contributed by atoms with E-state index in [0.29, 0.717) is 0 Å². The molecular formula is C17H15PPd. The van der Waals surface area contributed by atoms with Crippen LogP contribution < -0.4 is 10.6 Å². The Labute approximate surface area is 129 Å². The fourth-order valence-electron chi connectivity index (χ4n) is 2.24. The molecule has 1 aliphatic rings. The second kappa shape index (κ2) is 6.97. The molecule has 19 heavy (non-hydrogen) atoms. The molecule has 0 radical (unpaired) electrons. The predicted molar refractivity (Wildman–Crippen MR) is 80.9 cm³/mol. The van der Waals surface area contributed by atoms with Gasteiger partial charge in [-0.25, -0.2) is 0 Å². The van der Waals surface area contributed by atoms with Gasteiger partial charge in [0.1, 0.15) is 0 Å². The number of benzene rings is 2. The quantitative estimate of drug-likeness (QED) is 0.577. The van der Waals surface area contributed by atoms with Crippen molar-refractivity contribution in [3.05, 3.63) is 84.2 Å². The van der Waals surface area contributed by atoms with Crippen LogP contribution in [0.2, 0.25) is 0 Å². The van der Waals surface area contributed by atoms with Gasteiger partial charge in [-0.1, -0.05) is 78.9 Å². The fraction of sp³-hybridized carbons (Fsp3) is 0.0588. The van der Waals surface area contributed by atoms with Crippen LogP contribution in [0.25, 0.3) is 0 Å². The molecule has 0 aliphatic heterocycles. The maximum atomic E-state index is 2.28. The van der Waals surface area contributed by atoms with Crippen LogP contribution in [-0.2, 0) is 20.4 Å². The zero-order chi connectivity index (χ0) is 12.2. The maximum Gasteiger partial charge on any atom is 0 e. The van der Waals surface area contributed by atoms with Crippen molar-refractivity contribution in [2.75, 3.05) is 0 Å². The molecule has 2 aromatic rings. The third-order valence-corrected chi connectivity index (χ3v) is 5.60. The minimum Gasteiger partial charge on any atom is -0.0801 e. The molecule has 0 unspecified atom stereocenters. The first kappa shape index (κ1) is 14.4. The number of hydrogen-bond donors (Lipinski definition) is 0. The Bertz CT molecular complexity index is 533. The van der Waals surface area contributed by atoms with Crippen molar-refractivity contribution in [2.24, 2.45) is 0 Å². The van der Waals surface area contributed by atoms with Gasteiger partial charge < -0.3 is 0 Å². The topological polar surface area (TPSA) is 0 Å². The molecular weight excluding hydrogens is 342 g/mol. The third-order valence-electron chi connectivity index (χ3n) is 3.07. The minimum absolute atomic E-state index is 0. The molecule has 0 bridgehead atoms. The Kier molecular flexibility index (Phi) is 5.29. The molecule has 2 aromatic carbocycles. The molecule has 0 amide bonds. The molecule has 0 aromatic heterocycles. The van der Waals surface area contributed by atoms with Gasteiger partial charge in [-0.3, -0.25) is 0 Å². The summed E-state index contributed by atoms with van der Waals surface area (Å²) in [6, 6.07) is 21.7. The van der Waals surface area contributed by atoms with E-state index in [1.54, 1.807) is 5.31 Å². The number of allylic oxidation sites excluding steroid dienone is 4. The average molecular weight is 357 g/mol. The summed E-state index contributed by atoms with van der Waals surface area (Å²) >= 11 is 0. The van der Waals surface area contributed by atoms with Crippen LogP contribution in [0.5, 0.6) is 0 Å². The summed E-state index contributed by atoms with van der Waals surface area (Å²) in [5, 5.41) is 4.42. The Hall–Kier alpha value is -0.988. The molecule has 1 aliphatic carbocycles. The number of rotatable bonds is 3. The van der Waals surface area contributed by atoms with Crippen molar-refractivity contribution in [3.8, 4) is 0 Å². The molecule has 98 valence electrons. The van der Waals surface area contributed by atoms with E-state index in [1.165, 1.54) is 10.6 Å². The Morgan fingerprint density at radius 2 is 1.26 bits per heavy atom. The summed E-state index contributed by atoms with van der Waals surface area (Å²) in [4.78, 5) is 0. The van der Waals surface area contributed by atoms with E-state index in [-0.39, 0.29) is 28.3 Å². The van der Waals surface area contributed by atoms with Crippen molar-refractivity contribution >= 4 is 18.5 Å². The van der Waals surface area contributed by atoms with Crippen LogP contribution in [0.1, 0.15) is 6.42 Å². The van der Waals surface area contributed by atoms with Gasteiger partial charge in [0.25, 0.3) is 0 Å². The summed E-state index contributed by atoms with van der Waals surface area (Å²) in [6.45, 7) is 0. The molecule has 0 spiro atoms. The molecule has 0 saturated carbocycles. The van der Waals surface area contributed by atoms with Crippen molar-refractivity contribution in [1.82, 2.24) is 0 Å². The average Bonchev–Trinajstić information content (AvgIpc) is 2.95. The van der Waals surface area contributed by atoms with Gasteiger partial charge in [0.2, 0.25) is 0 Å². The molecule has 0 nitrogen and oxygen atoms in total. The van der Waals surface area contributed by atoms with Crippen LogP contribution in [-0.4, -0.2) is 0 Å². The fourth-order valence-corrected chi connectivity index (χ4v) is 4.66. The van der Waals surface area contributed by atoms with Gasteiger partial charge in [-0.05, 0) is 30.3 Å². The Morgan fingerprint density at radius 3 is 1.68 bits per heavy atom. The zero-order valence-electron chi connectivity index (χ0n) is 10.5. The van der Waals surface area contributed by atoms with Crippen LogP contribution in [0, 0.1) is 0 Å². The second-order valence-corrected chi connectivity index (χ2v) is 6.57. The maximum absolute atomic E-state index is 2.28. The zero-order valence-corrected chi connectivity index (χ0v) is 12.9. The normalized spacial score (nSPS) is 13.2. The number of hydrogen-bond acceptors (Lipinski definition) is 0. The van der Waals surface area contributed by atoms with Crippen LogP contribution >= 0.6 is 7.92 Å². The first-order valence-electron chi connectivity index (χ1n) is 6.21. The molecule has 0 heterocycles. The summed E-state index contributed by atoms with van der Waals surface area (Å²) in [5.41, 5.74) is 0.